The Morgan fingerprint density at radius 2 is 1.86 bits per heavy atom. The molecule has 1 spiro atoms. The van der Waals surface area contributed by atoms with Crippen LogP contribution in [-0.4, -0.2) is 32.8 Å². The average Bonchev–Trinajstić information content (AvgIpc) is 3.45. The third-order valence-corrected chi connectivity index (χ3v) is 6.38. The van der Waals surface area contributed by atoms with Crippen molar-refractivity contribution in [1.82, 2.24) is 19.7 Å². The van der Waals surface area contributed by atoms with Crippen LogP contribution >= 0.6 is 0 Å². The standard InChI is InChI=1S/C23H21N5/c1-2-6-20-17(4-1)12-18(14-25-20)21-13-22-23(8-11-28(22)26-21)7-10-27(16-23)19-5-3-9-24-15-19/h1-6,9,12-15H,7-8,10-11,16H2. The topological polar surface area (TPSA) is 46.8 Å². The molecule has 138 valence electrons. The summed E-state index contributed by atoms with van der Waals surface area (Å²) in [6, 6.07) is 16.9. The maximum Gasteiger partial charge on any atom is 0.0941 e. The van der Waals surface area contributed by atoms with Crippen LogP contribution in [0.5, 0.6) is 0 Å². The van der Waals surface area contributed by atoms with Crippen LogP contribution in [0.15, 0.2) is 67.1 Å². The SMILES string of the molecule is c1cncc(N2CCC3(CCn4nc(-c5cnc6ccccc6c5)cc43)C2)c1. The molecular formula is C23H21N5. The van der Waals surface area contributed by atoms with E-state index >= 15 is 0 Å². The first-order chi connectivity index (χ1) is 13.8. The van der Waals surface area contributed by atoms with Crippen molar-refractivity contribution in [2.45, 2.75) is 24.8 Å². The van der Waals surface area contributed by atoms with Crippen molar-refractivity contribution in [2.24, 2.45) is 0 Å². The van der Waals surface area contributed by atoms with Crippen molar-refractivity contribution in [2.75, 3.05) is 18.0 Å². The van der Waals surface area contributed by atoms with E-state index in [-0.39, 0.29) is 5.41 Å². The number of hydrogen-bond acceptors (Lipinski definition) is 4. The van der Waals surface area contributed by atoms with Gasteiger partial charge in [-0.1, -0.05) is 18.2 Å². The largest absolute Gasteiger partial charge is 0.369 e. The van der Waals surface area contributed by atoms with E-state index in [0.29, 0.717) is 0 Å². The summed E-state index contributed by atoms with van der Waals surface area (Å²) in [5.74, 6) is 0. The lowest BCUT2D eigenvalue weighted by atomic mass is 9.82. The van der Waals surface area contributed by atoms with Gasteiger partial charge in [-0.2, -0.15) is 5.10 Å². The van der Waals surface area contributed by atoms with Gasteiger partial charge in [-0.15, -0.1) is 0 Å². The molecule has 0 radical (unpaired) electrons. The Bertz CT molecular complexity index is 1170. The molecule has 1 aromatic carbocycles. The van der Waals surface area contributed by atoms with Crippen LogP contribution < -0.4 is 4.90 Å². The van der Waals surface area contributed by atoms with E-state index in [1.54, 1.807) is 0 Å². The van der Waals surface area contributed by atoms with Crippen molar-refractivity contribution in [3.8, 4) is 11.3 Å². The number of nitrogens with zero attached hydrogens (tertiary/aromatic N) is 5. The smallest absolute Gasteiger partial charge is 0.0941 e. The molecule has 5 heteroatoms. The molecule has 5 nitrogen and oxygen atoms in total. The lowest BCUT2D eigenvalue weighted by Gasteiger charge is -2.24. The fraction of sp³-hybridized carbons (Fsp3) is 0.261. The Labute approximate surface area is 163 Å². The molecular weight excluding hydrogens is 346 g/mol. The molecule has 1 unspecified atom stereocenters. The first kappa shape index (κ1) is 15.8. The quantitative estimate of drug-likeness (QED) is 0.536. The molecule has 6 rings (SSSR count). The second-order valence-electron chi connectivity index (χ2n) is 7.97. The van der Waals surface area contributed by atoms with Crippen LogP contribution in [0, 0.1) is 0 Å². The van der Waals surface area contributed by atoms with Crippen LogP contribution in [0.1, 0.15) is 18.5 Å². The van der Waals surface area contributed by atoms with Crippen LogP contribution in [0.25, 0.3) is 22.2 Å². The normalized spacial score (nSPS) is 20.9. The average molecular weight is 367 g/mol. The fourth-order valence-corrected chi connectivity index (χ4v) is 4.86. The van der Waals surface area contributed by atoms with E-state index in [1.165, 1.54) is 24.2 Å². The number of anilines is 1. The van der Waals surface area contributed by atoms with E-state index in [4.69, 9.17) is 5.10 Å². The predicted octanol–water partition coefficient (Wildman–Crippen LogP) is 4.05. The van der Waals surface area contributed by atoms with Gasteiger partial charge in [0.15, 0.2) is 0 Å². The van der Waals surface area contributed by atoms with Gasteiger partial charge in [0.1, 0.15) is 0 Å². The molecule has 0 amide bonds. The molecule has 0 saturated carbocycles. The zero-order valence-electron chi connectivity index (χ0n) is 15.6. The number of aromatic nitrogens is 4. The predicted molar refractivity (Wildman–Crippen MR) is 110 cm³/mol. The van der Waals surface area contributed by atoms with Gasteiger partial charge in [-0.3, -0.25) is 14.6 Å². The fourth-order valence-electron chi connectivity index (χ4n) is 4.86. The number of para-hydroxylation sites is 1. The zero-order valence-corrected chi connectivity index (χ0v) is 15.6. The van der Waals surface area contributed by atoms with Gasteiger partial charge in [0.25, 0.3) is 0 Å². The summed E-state index contributed by atoms with van der Waals surface area (Å²) in [5.41, 5.74) is 5.95. The summed E-state index contributed by atoms with van der Waals surface area (Å²) in [6.45, 7) is 3.11. The minimum Gasteiger partial charge on any atom is -0.369 e. The molecule has 1 atom stereocenters. The molecule has 0 N–H and O–H groups in total. The van der Waals surface area contributed by atoms with E-state index < -0.39 is 0 Å². The second kappa shape index (κ2) is 5.89. The van der Waals surface area contributed by atoms with E-state index in [2.05, 4.69) is 49.9 Å². The maximum atomic E-state index is 4.93. The lowest BCUT2D eigenvalue weighted by Crippen LogP contribution is -2.29. The van der Waals surface area contributed by atoms with Crippen LogP contribution in [0.3, 0.4) is 0 Å². The molecule has 0 aliphatic carbocycles. The second-order valence-corrected chi connectivity index (χ2v) is 7.97. The molecule has 0 bridgehead atoms. The number of benzene rings is 1. The Morgan fingerprint density at radius 1 is 0.929 bits per heavy atom. The van der Waals surface area contributed by atoms with Gasteiger partial charge in [-0.25, -0.2) is 0 Å². The zero-order chi connectivity index (χ0) is 18.6. The van der Waals surface area contributed by atoms with Crippen molar-refractivity contribution in [1.29, 1.82) is 0 Å². The van der Waals surface area contributed by atoms with Gasteiger partial charge in [-0.05, 0) is 43.2 Å². The minimum absolute atomic E-state index is 0.200. The number of rotatable bonds is 2. The van der Waals surface area contributed by atoms with Gasteiger partial charge in [0.05, 0.1) is 23.1 Å². The molecule has 5 heterocycles. The summed E-state index contributed by atoms with van der Waals surface area (Å²) < 4.78 is 2.22. The Hall–Kier alpha value is -3.21. The summed E-state index contributed by atoms with van der Waals surface area (Å²) >= 11 is 0. The highest BCUT2D eigenvalue weighted by Crippen LogP contribution is 2.44. The molecule has 3 aromatic heterocycles. The van der Waals surface area contributed by atoms with Gasteiger partial charge in [0, 0.05) is 54.1 Å². The summed E-state index contributed by atoms with van der Waals surface area (Å²) in [5, 5.41) is 6.09. The van der Waals surface area contributed by atoms with Gasteiger partial charge in [0.2, 0.25) is 0 Å². The molecule has 4 aromatic rings. The Balaban J connectivity index is 1.35. The highest BCUT2D eigenvalue weighted by Gasteiger charge is 2.45. The highest BCUT2D eigenvalue weighted by molar-refractivity contribution is 5.82. The summed E-state index contributed by atoms with van der Waals surface area (Å²) in [7, 11) is 0. The summed E-state index contributed by atoms with van der Waals surface area (Å²) in [6.07, 6.45) is 8.09. The first-order valence-electron chi connectivity index (χ1n) is 9.89. The number of aryl methyl sites for hydroxylation is 1. The minimum atomic E-state index is 0.200. The molecule has 2 aliphatic heterocycles. The van der Waals surface area contributed by atoms with Crippen LogP contribution in [-0.2, 0) is 12.0 Å². The van der Waals surface area contributed by atoms with Crippen molar-refractivity contribution in [3.05, 3.63) is 72.8 Å². The molecule has 2 aliphatic rings. The third-order valence-electron chi connectivity index (χ3n) is 6.38. The Kier molecular flexibility index (Phi) is 3.33. The molecule has 1 fully saturated rings. The van der Waals surface area contributed by atoms with Crippen LogP contribution in [0.4, 0.5) is 5.69 Å². The third kappa shape index (κ3) is 2.35. The Morgan fingerprint density at radius 3 is 2.79 bits per heavy atom. The van der Waals surface area contributed by atoms with Crippen LogP contribution in [0.2, 0.25) is 0 Å². The van der Waals surface area contributed by atoms with E-state index in [0.717, 1.165) is 41.8 Å². The molecule has 28 heavy (non-hydrogen) atoms. The van der Waals surface area contributed by atoms with E-state index in [9.17, 15) is 0 Å². The van der Waals surface area contributed by atoms with Crippen molar-refractivity contribution in [3.63, 3.8) is 0 Å². The maximum absolute atomic E-state index is 4.93. The lowest BCUT2D eigenvalue weighted by molar-refractivity contribution is 0.472. The van der Waals surface area contributed by atoms with Crippen molar-refractivity contribution < 1.29 is 0 Å². The summed E-state index contributed by atoms with van der Waals surface area (Å²) in [4.78, 5) is 11.4. The number of pyridine rings is 2. The first-order valence-corrected chi connectivity index (χ1v) is 9.89. The monoisotopic (exact) mass is 367 g/mol. The van der Waals surface area contributed by atoms with E-state index in [1.807, 2.05) is 36.8 Å². The molecule has 1 saturated heterocycles. The van der Waals surface area contributed by atoms with Crippen molar-refractivity contribution >= 4 is 16.6 Å². The van der Waals surface area contributed by atoms with Gasteiger partial charge < -0.3 is 4.90 Å². The highest BCUT2D eigenvalue weighted by atomic mass is 15.3. The number of hydrogen-bond donors (Lipinski definition) is 0. The number of fused-ring (bicyclic) bond motifs is 3. The van der Waals surface area contributed by atoms with Gasteiger partial charge >= 0.3 is 0 Å².